The van der Waals surface area contributed by atoms with Gasteiger partial charge in [-0.2, -0.15) is 0 Å². The summed E-state index contributed by atoms with van der Waals surface area (Å²) < 4.78 is 0. The number of carboxylic acids is 1. The van der Waals surface area contributed by atoms with Gasteiger partial charge in [0, 0.05) is 0 Å². The molecule has 12 heavy (non-hydrogen) atoms. The third kappa shape index (κ3) is 3.06. The van der Waals surface area contributed by atoms with Gasteiger partial charge >= 0.3 is 5.97 Å². The zero-order valence-corrected chi connectivity index (χ0v) is 7.00. The minimum atomic E-state index is -1.08. The number of rotatable bonds is 3. The fourth-order valence-corrected chi connectivity index (χ4v) is 0.696. The number of amides is 1. The molecule has 0 aliphatic heterocycles. The van der Waals surface area contributed by atoms with Gasteiger partial charge in [0.1, 0.15) is 6.04 Å². The maximum Gasteiger partial charge on any atom is 0.326 e. The molecular weight excluding hydrogens is 158 g/mol. The highest BCUT2D eigenvalue weighted by Crippen LogP contribution is 2.00. The second kappa shape index (κ2) is 4.39. The van der Waals surface area contributed by atoms with Crippen LogP contribution in [0.3, 0.4) is 0 Å². The van der Waals surface area contributed by atoms with E-state index in [4.69, 9.17) is 11.5 Å². The molecule has 66 valence electrons. The Morgan fingerprint density at radius 3 is 2.25 bits per heavy atom. The second-order valence-corrected chi connectivity index (χ2v) is 2.68. The van der Waals surface area contributed by atoms with Gasteiger partial charge < -0.3 is 10.4 Å². The molecule has 0 aromatic carbocycles. The monoisotopic (exact) mass is 169 g/mol. The maximum atomic E-state index is 10.6. The van der Waals surface area contributed by atoms with Gasteiger partial charge in [-0.15, -0.1) is 6.42 Å². The van der Waals surface area contributed by atoms with Crippen molar-refractivity contribution in [3.05, 3.63) is 0 Å². The van der Waals surface area contributed by atoms with E-state index in [9.17, 15) is 9.59 Å². The summed E-state index contributed by atoms with van der Waals surface area (Å²) in [5.74, 6) is -0.162. The minimum Gasteiger partial charge on any atom is -0.480 e. The molecule has 0 saturated carbocycles. The predicted octanol–water partition coefficient (Wildman–Crippen LogP) is -0.155. The average molecular weight is 169 g/mol. The third-order valence-electron chi connectivity index (χ3n) is 1.35. The molecule has 0 aromatic heterocycles. The summed E-state index contributed by atoms with van der Waals surface area (Å²) in [4.78, 5) is 21.1. The summed E-state index contributed by atoms with van der Waals surface area (Å²) >= 11 is 0. The Hall–Kier alpha value is -1.50. The van der Waals surface area contributed by atoms with Crippen molar-refractivity contribution >= 4 is 11.9 Å². The van der Waals surface area contributed by atoms with Gasteiger partial charge in [-0.05, 0) is 11.8 Å². The molecular formula is C8H11NO3. The molecule has 1 atom stereocenters. The van der Waals surface area contributed by atoms with Gasteiger partial charge in [-0.25, -0.2) is 4.79 Å². The average Bonchev–Trinajstić information content (AvgIpc) is 1.98. The van der Waals surface area contributed by atoms with Crippen LogP contribution in [0.15, 0.2) is 0 Å². The molecule has 0 radical (unpaired) electrons. The molecule has 0 rings (SSSR count). The number of hydrogen-bond donors (Lipinski definition) is 2. The molecule has 0 saturated heterocycles. The fourth-order valence-electron chi connectivity index (χ4n) is 0.696. The lowest BCUT2D eigenvalue weighted by Crippen LogP contribution is -2.43. The Bertz CT molecular complexity index is 227. The standard InChI is InChI=1S/C8H11NO3/c1-4-6(10)9-7(5(2)3)8(11)12/h1,5,7H,2-3H3,(H,9,10)(H,11,12)/t7-/m1/s1. The molecule has 0 spiro atoms. The molecule has 2 N–H and O–H groups in total. The second-order valence-electron chi connectivity index (χ2n) is 2.68. The van der Waals surface area contributed by atoms with Gasteiger partial charge in [-0.1, -0.05) is 13.8 Å². The zero-order valence-electron chi connectivity index (χ0n) is 7.00. The molecule has 0 unspecified atom stereocenters. The highest BCUT2D eigenvalue weighted by Gasteiger charge is 2.22. The van der Waals surface area contributed by atoms with E-state index in [1.54, 1.807) is 19.8 Å². The first-order valence-corrected chi connectivity index (χ1v) is 3.49. The van der Waals surface area contributed by atoms with Crippen LogP contribution in [0.1, 0.15) is 13.8 Å². The Morgan fingerprint density at radius 1 is 1.50 bits per heavy atom. The van der Waals surface area contributed by atoms with Crippen LogP contribution in [0.2, 0.25) is 0 Å². The Kier molecular flexibility index (Phi) is 3.84. The lowest BCUT2D eigenvalue weighted by Gasteiger charge is -2.15. The highest BCUT2D eigenvalue weighted by atomic mass is 16.4. The molecule has 1 amide bonds. The van der Waals surface area contributed by atoms with Gasteiger partial charge in [0.25, 0.3) is 5.91 Å². The number of aliphatic carboxylic acids is 1. The van der Waals surface area contributed by atoms with Crippen molar-refractivity contribution in [2.75, 3.05) is 0 Å². The molecule has 4 heteroatoms. The number of carbonyl (C=O) groups excluding carboxylic acids is 1. The van der Waals surface area contributed by atoms with Gasteiger partial charge in [-0.3, -0.25) is 4.79 Å². The van der Waals surface area contributed by atoms with E-state index in [1.165, 1.54) is 0 Å². The Morgan fingerprint density at radius 2 is 2.00 bits per heavy atom. The summed E-state index contributed by atoms with van der Waals surface area (Å²) in [6.07, 6.45) is 4.77. The normalized spacial score (nSPS) is 11.8. The quantitative estimate of drug-likeness (QED) is 0.577. The molecule has 0 aliphatic carbocycles. The van der Waals surface area contributed by atoms with Crippen molar-refractivity contribution < 1.29 is 14.7 Å². The molecule has 0 bridgehead atoms. The Balaban J connectivity index is 4.26. The number of hydrogen-bond acceptors (Lipinski definition) is 2. The van der Waals surface area contributed by atoms with Crippen LogP contribution in [0.25, 0.3) is 0 Å². The van der Waals surface area contributed by atoms with Crippen molar-refractivity contribution in [2.24, 2.45) is 5.92 Å². The third-order valence-corrected chi connectivity index (χ3v) is 1.35. The summed E-state index contributed by atoms with van der Waals surface area (Å²) in [5.41, 5.74) is 0. The van der Waals surface area contributed by atoms with Gasteiger partial charge in [0.2, 0.25) is 0 Å². The minimum absolute atomic E-state index is 0.181. The van der Waals surface area contributed by atoms with Crippen LogP contribution in [0.4, 0.5) is 0 Å². The smallest absolute Gasteiger partial charge is 0.326 e. The number of carboxylic acid groups (broad SMARTS) is 1. The lowest BCUT2D eigenvalue weighted by molar-refractivity contribution is -0.142. The molecule has 4 nitrogen and oxygen atoms in total. The predicted molar refractivity (Wildman–Crippen MR) is 43.2 cm³/mol. The summed E-state index contributed by atoms with van der Waals surface area (Å²) in [6.45, 7) is 3.38. The zero-order chi connectivity index (χ0) is 9.72. The first kappa shape index (κ1) is 10.5. The van der Waals surface area contributed by atoms with Crippen LogP contribution < -0.4 is 5.32 Å². The van der Waals surface area contributed by atoms with E-state index in [2.05, 4.69) is 5.32 Å². The fraction of sp³-hybridized carbons (Fsp3) is 0.500. The van der Waals surface area contributed by atoms with Crippen LogP contribution in [0, 0.1) is 18.3 Å². The number of nitrogens with one attached hydrogen (secondary N) is 1. The van der Waals surface area contributed by atoms with E-state index in [1.807, 2.05) is 0 Å². The topological polar surface area (TPSA) is 66.4 Å². The highest BCUT2D eigenvalue weighted by molar-refractivity contribution is 5.95. The van der Waals surface area contributed by atoms with Gasteiger partial charge in [0.15, 0.2) is 0 Å². The Labute approximate surface area is 71.0 Å². The van der Waals surface area contributed by atoms with Crippen molar-refractivity contribution in [3.63, 3.8) is 0 Å². The van der Waals surface area contributed by atoms with Crippen LogP contribution in [-0.4, -0.2) is 23.0 Å². The van der Waals surface area contributed by atoms with E-state index in [0.29, 0.717) is 0 Å². The van der Waals surface area contributed by atoms with E-state index in [0.717, 1.165) is 0 Å². The van der Waals surface area contributed by atoms with Crippen LogP contribution in [0.5, 0.6) is 0 Å². The molecule has 0 fully saturated rings. The van der Waals surface area contributed by atoms with Crippen LogP contribution in [-0.2, 0) is 9.59 Å². The lowest BCUT2D eigenvalue weighted by atomic mass is 10.1. The van der Waals surface area contributed by atoms with Crippen molar-refractivity contribution in [1.82, 2.24) is 5.32 Å². The first-order chi connectivity index (χ1) is 5.49. The van der Waals surface area contributed by atoms with E-state index >= 15 is 0 Å². The van der Waals surface area contributed by atoms with Crippen molar-refractivity contribution in [1.29, 1.82) is 0 Å². The molecule has 0 aliphatic rings. The number of carbonyl (C=O) groups is 2. The summed E-state index contributed by atoms with van der Waals surface area (Å²) in [6, 6.07) is -0.909. The summed E-state index contributed by atoms with van der Waals surface area (Å²) in [5, 5.41) is 10.8. The van der Waals surface area contributed by atoms with Crippen LogP contribution >= 0.6 is 0 Å². The van der Waals surface area contributed by atoms with Gasteiger partial charge in [0.05, 0.1) is 0 Å². The number of terminal acetylenes is 1. The largest absolute Gasteiger partial charge is 0.480 e. The SMILES string of the molecule is C#CC(=O)N[C@@H](C(=O)O)C(C)C. The van der Waals surface area contributed by atoms with E-state index < -0.39 is 17.9 Å². The molecule has 0 aromatic rings. The van der Waals surface area contributed by atoms with E-state index in [-0.39, 0.29) is 5.92 Å². The first-order valence-electron chi connectivity index (χ1n) is 3.49. The van der Waals surface area contributed by atoms with Crippen molar-refractivity contribution in [3.8, 4) is 12.3 Å². The maximum absolute atomic E-state index is 10.6. The summed E-state index contributed by atoms with van der Waals surface area (Å²) in [7, 11) is 0. The molecule has 0 heterocycles. The van der Waals surface area contributed by atoms with Crippen molar-refractivity contribution in [2.45, 2.75) is 19.9 Å².